The summed E-state index contributed by atoms with van der Waals surface area (Å²) in [6.45, 7) is 1.80. The maximum Gasteiger partial charge on any atom is 0.343 e. The lowest BCUT2D eigenvalue weighted by molar-refractivity contribution is -0.124. The largest absolute Gasteiger partial charge is 0.452 e. The number of esters is 1. The van der Waals surface area contributed by atoms with Gasteiger partial charge in [-0.25, -0.2) is 13.9 Å². The highest BCUT2D eigenvalue weighted by Gasteiger charge is 2.22. The third-order valence-corrected chi connectivity index (χ3v) is 4.57. The van der Waals surface area contributed by atoms with Crippen molar-refractivity contribution >= 4 is 23.5 Å². The van der Waals surface area contributed by atoms with E-state index in [1.165, 1.54) is 16.8 Å². The summed E-state index contributed by atoms with van der Waals surface area (Å²) in [5, 5.41) is 7.04. The molecule has 3 rings (SSSR count). The van der Waals surface area contributed by atoms with Crippen molar-refractivity contribution in [1.82, 2.24) is 15.1 Å². The molecule has 0 fully saturated rings. The summed E-state index contributed by atoms with van der Waals surface area (Å²) >= 11 is 6.31. The molecule has 0 unspecified atom stereocenters. The number of amides is 1. The van der Waals surface area contributed by atoms with Crippen LogP contribution in [-0.2, 0) is 22.6 Å². The van der Waals surface area contributed by atoms with Crippen LogP contribution in [0.15, 0.2) is 54.6 Å². The molecule has 0 radical (unpaired) electrons. The molecule has 1 amide bonds. The van der Waals surface area contributed by atoms with Gasteiger partial charge in [0, 0.05) is 6.54 Å². The zero-order valence-electron chi connectivity index (χ0n) is 15.7. The number of hydrogen-bond donors (Lipinski definition) is 1. The Kier molecular flexibility index (Phi) is 6.61. The minimum absolute atomic E-state index is 0.133. The summed E-state index contributed by atoms with van der Waals surface area (Å²) in [4.78, 5) is 24.3. The molecule has 0 saturated heterocycles. The van der Waals surface area contributed by atoms with Gasteiger partial charge in [-0.1, -0.05) is 54.1 Å². The summed E-state index contributed by atoms with van der Waals surface area (Å²) < 4.78 is 19.5. The number of ether oxygens (including phenoxy) is 1. The van der Waals surface area contributed by atoms with Gasteiger partial charge < -0.3 is 10.1 Å². The number of rotatable bonds is 7. The second-order valence-electron chi connectivity index (χ2n) is 6.37. The Labute approximate surface area is 172 Å². The fraction of sp³-hybridized carbons (Fsp3) is 0.190. The van der Waals surface area contributed by atoms with E-state index in [4.69, 9.17) is 16.3 Å². The third kappa shape index (κ3) is 5.42. The first kappa shape index (κ1) is 20.5. The second kappa shape index (κ2) is 9.34. The highest BCUT2D eigenvalue weighted by Crippen LogP contribution is 2.22. The van der Waals surface area contributed by atoms with E-state index in [0.29, 0.717) is 12.2 Å². The number of nitrogens with zero attached hydrogens (tertiary/aromatic N) is 2. The van der Waals surface area contributed by atoms with E-state index in [0.717, 1.165) is 11.1 Å². The number of carbonyl (C=O) groups excluding carboxylic acids is 2. The molecule has 1 heterocycles. The van der Waals surface area contributed by atoms with Crippen molar-refractivity contribution in [2.24, 2.45) is 0 Å². The molecule has 150 valence electrons. The minimum atomic E-state index is -0.719. The van der Waals surface area contributed by atoms with E-state index in [1.54, 1.807) is 19.1 Å². The van der Waals surface area contributed by atoms with Crippen molar-refractivity contribution in [3.8, 4) is 0 Å². The Bertz CT molecular complexity index is 1000. The van der Waals surface area contributed by atoms with E-state index >= 15 is 0 Å². The molecule has 0 aliphatic rings. The van der Waals surface area contributed by atoms with Crippen molar-refractivity contribution in [1.29, 1.82) is 0 Å². The lowest BCUT2D eigenvalue weighted by atomic mass is 10.2. The first-order valence-corrected chi connectivity index (χ1v) is 9.27. The molecule has 0 bridgehead atoms. The average Bonchev–Trinajstić information content (AvgIpc) is 2.99. The van der Waals surface area contributed by atoms with Crippen LogP contribution in [0.2, 0.25) is 5.15 Å². The molecule has 0 aliphatic carbocycles. The maximum atomic E-state index is 12.9. The predicted molar refractivity (Wildman–Crippen MR) is 106 cm³/mol. The van der Waals surface area contributed by atoms with Crippen molar-refractivity contribution in [3.05, 3.63) is 88.0 Å². The number of nitrogens with one attached hydrogen (secondary N) is 1. The van der Waals surface area contributed by atoms with Gasteiger partial charge in [-0.15, -0.1) is 0 Å². The Hall–Kier alpha value is -3.19. The fourth-order valence-corrected chi connectivity index (χ4v) is 3.01. The number of benzene rings is 2. The van der Waals surface area contributed by atoms with E-state index in [-0.39, 0.29) is 23.1 Å². The Balaban J connectivity index is 1.56. The Morgan fingerprint density at radius 1 is 1.10 bits per heavy atom. The Morgan fingerprint density at radius 2 is 1.79 bits per heavy atom. The first-order valence-electron chi connectivity index (χ1n) is 8.89. The molecule has 1 N–H and O–H groups in total. The highest BCUT2D eigenvalue weighted by molar-refractivity contribution is 6.32. The normalized spacial score (nSPS) is 10.6. The van der Waals surface area contributed by atoms with Gasteiger partial charge in [0.1, 0.15) is 16.5 Å². The third-order valence-electron chi connectivity index (χ3n) is 4.18. The summed E-state index contributed by atoms with van der Waals surface area (Å²) in [6, 6.07) is 15.3. The van der Waals surface area contributed by atoms with Crippen molar-refractivity contribution in [2.45, 2.75) is 20.0 Å². The van der Waals surface area contributed by atoms with Gasteiger partial charge in [0.05, 0.1) is 12.2 Å². The van der Waals surface area contributed by atoms with Gasteiger partial charge >= 0.3 is 5.97 Å². The van der Waals surface area contributed by atoms with Gasteiger partial charge in [0.2, 0.25) is 0 Å². The fourth-order valence-electron chi connectivity index (χ4n) is 2.70. The van der Waals surface area contributed by atoms with Crippen molar-refractivity contribution in [2.75, 3.05) is 6.61 Å². The molecule has 0 saturated carbocycles. The van der Waals surface area contributed by atoms with Gasteiger partial charge in [0.15, 0.2) is 6.61 Å². The van der Waals surface area contributed by atoms with Crippen LogP contribution < -0.4 is 5.32 Å². The van der Waals surface area contributed by atoms with Gasteiger partial charge in [-0.05, 0) is 30.2 Å². The predicted octanol–water partition coefficient (Wildman–Crippen LogP) is 3.51. The molecule has 6 nitrogen and oxygen atoms in total. The molecular formula is C21H19ClFN3O3. The van der Waals surface area contributed by atoms with E-state index < -0.39 is 18.5 Å². The van der Waals surface area contributed by atoms with E-state index in [2.05, 4.69) is 10.4 Å². The van der Waals surface area contributed by atoms with Crippen LogP contribution in [0.3, 0.4) is 0 Å². The number of carbonyl (C=O) groups is 2. The van der Waals surface area contributed by atoms with Crippen LogP contribution in [0.5, 0.6) is 0 Å². The summed E-state index contributed by atoms with van der Waals surface area (Å²) in [5.74, 6) is -1.55. The van der Waals surface area contributed by atoms with Crippen molar-refractivity contribution in [3.63, 3.8) is 0 Å². The molecule has 1 aromatic heterocycles. The second-order valence-corrected chi connectivity index (χ2v) is 6.73. The van der Waals surface area contributed by atoms with Gasteiger partial charge in [-0.3, -0.25) is 4.79 Å². The quantitative estimate of drug-likeness (QED) is 0.599. The number of aryl methyl sites for hydroxylation is 1. The highest BCUT2D eigenvalue weighted by atomic mass is 35.5. The molecule has 0 aliphatic heterocycles. The zero-order chi connectivity index (χ0) is 20.8. The average molecular weight is 416 g/mol. The summed E-state index contributed by atoms with van der Waals surface area (Å²) in [6.07, 6.45) is 0. The lowest BCUT2D eigenvalue weighted by Gasteiger charge is -2.07. The van der Waals surface area contributed by atoms with Gasteiger partial charge in [0.25, 0.3) is 5.91 Å². The van der Waals surface area contributed by atoms with Crippen LogP contribution in [0.4, 0.5) is 4.39 Å². The van der Waals surface area contributed by atoms with Crippen molar-refractivity contribution < 1.29 is 18.7 Å². The van der Waals surface area contributed by atoms with Gasteiger partial charge in [-0.2, -0.15) is 5.10 Å². The number of hydrogen-bond acceptors (Lipinski definition) is 4. The van der Waals surface area contributed by atoms with Crippen LogP contribution in [-0.4, -0.2) is 28.3 Å². The number of aromatic nitrogens is 2. The molecule has 8 heteroatoms. The minimum Gasteiger partial charge on any atom is -0.452 e. The first-order chi connectivity index (χ1) is 13.9. The molecule has 3 aromatic rings. The smallest absolute Gasteiger partial charge is 0.343 e. The standard InChI is InChI=1S/C21H19ClFN3O3/c1-14-19(20(22)26(25-14)12-16-5-3-2-4-6-16)21(28)29-13-18(27)24-11-15-7-9-17(23)10-8-15/h2-10H,11-13H2,1H3,(H,24,27). The van der Waals surface area contributed by atoms with Crippen LogP contribution >= 0.6 is 11.6 Å². The summed E-state index contributed by atoms with van der Waals surface area (Å²) in [7, 11) is 0. The molecule has 29 heavy (non-hydrogen) atoms. The Morgan fingerprint density at radius 3 is 2.48 bits per heavy atom. The molecule has 2 aromatic carbocycles. The SMILES string of the molecule is Cc1nn(Cc2ccccc2)c(Cl)c1C(=O)OCC(=O)NCc1ccc(F)cc1. The lowest BCUT2D eigenvalue weighted by Crippen LogP contribution is -2.28. The van der Waals surface area contributed by atoms with E-state index in [1.807, 2.05) is 30.3 Å². The van der Waals surface area contributed by atoms with Crippen LogP contribution in [0.1, 0.15) is 27.2 Å². The zero-order valence-corrected chi connectivity index (χ0v) is 16.4. The topological polar surface area (TPSA) is 73.2 Å². The van der Waals surface area contributed by atoms with E-state index in [9.17, 15) is 14.0 Å². The monoisotopic (exact) mass is 415 g/mol. The molecular weight excluding hydrogens is 397 g/mol. The molecule has 0 spiro atoms. The molecule has 0 atom stereocenters. The maximum absolute atomic E-state index is 12.9. The summed E-state index contributed by atoms with van der Waals surface area (Å²) in [5.41, 5.74) is 2.26. The van der Waals surface area contributed by atoms with Crippen LogP contribution in [0, 0.1) is 12.7 Å². The number of halogens is 2. The van der Waals surface area contributed by atoms with Crippen LogP contribution in [0.25, 0.3) is 0 Å².